The first kappa shape index (κ1) is 14.8. The van der Waals surface area contributed by atoms with Gasteiger partial charge in [0.2, 0.25) is 0 Å². The quantitative estimate of drug-likeness (QED) is 0.881. The zero-order chi connectivity index (χ0) is 13.5. The van der Waals surface area contributed by atoms with Crippen LogP contribution < -0.4 is 4.74 Å². The van der Waals surface area contributed by atoms with Crippen molar-refractivity contribution < 1.29 is 9.84 Å². The predicted molar refractivity (Wildman–Crippen MR) is 76.9 cm³/mol. The van der Waals surface area contributed by atoms with Gasteiger partial charge in [0.1, 0.15) is 5.75 Å². The highest BCUT2D eigenvalue weighted by molar-refractivity contribution is 5.73. The number of fused-ring (bicyclic) bond motifs is 1. The molecule has 0 atom stereocenters. The molecular formula is C16H24O2. The van der Waals surface area contributed by atoms with E-state index in [1.165, 1.54) is 16.7 Å². The Morgan fingerprint density at radius 1 is 1.28 bits per heavy atom. The zero-order valence-electron chi connectivity index (χ0n) is 11.9. The van der Waals surface area contributed by atoms with Crippen molar-refractivity contribution in [2.24, 2.45) is 0 Å². The molecular weight excluding hydrogens is 224 g/mol. The van der Waals surface area contributed by atoms with Crippen molar-refractivity contribution in [3.8, 4) is 5.75 Å². The number of aliphatic hydroxyl groups excluding tert-OH is 1. The van der Waals surface area contributed by atoms with Crippen LogP contribution in [0.2, 0.25) is 0 Å². The molecule has 2 nitrogen and oxygen atoms in total. The Morgan fingerprint density at radius 2 is 2.00 bits per heavy atom. The Balaban J connectivity index is 0.000000771. The number of aryl methyl sites for hydroxylation is 1. The summed E-state index contributed by atoms with van der Waals surface area (Å²) in [5, 5.41) is 8.96. The van der Waals surface area contributed by atoms with Crippen LogP contribution in [0.5, 0.6) is 5.75 Å². The van der Waals surface area contributed by atoms with Gasteiger partial charge in [-0.05, 0) is 55.5 Å². The molecule has 0 unspecified atom stereocenters. The van der Waals surface area contributed by atoms with Crippen LogP contribution in [0.1, 0.15) is 45.2 Å². The Bertz CT molecular complexity index is 406. The summed E-state index contributed by atoms with van der Waals surface area (Å²) in [7, 11) is 0. The monoisotopic (exact) mass is 248 g/mol. The van der Waals surface area contributed by atoms with Gasteiger partial charge in [-0.3, -0.25) is 0 Å². The van der Waals surface area contributed by atoms with Gasteiger partial charge in [0.15, 0.2) is 0 Å². The maximum Gasteiger partial charge on any atom is 0.120 e. The molecule has 0 amide bonds. The Labute approximate surface area is 110 Å². The van der Waals surface area contributed by atoms with Gasteiger partial charge < -0.3 is 9.84 Å². The maximum atomic E-state index is 8.96. The molecule has 0 aromatic heterocycles. The van der Waals surface area contributed by atoms with Crippen molar-refractivity contribution in [3.63, 3.8) is 0 Å². The number of allylic oxidation sites excluding steroid dienone is 1. The molecule has 1 aromatic rings. The highest BCUT2D eigenvalue weighted by Gasteiger charge is 2.16. The normalized spacial score (nSPS) is 15.3. The number of rotatable bonds is 3. The molecule has 1 aliphatic rings. The summed E-state index contributed by atoms with van der Waals surface area (Å²) in [6.45, 7) is 8.17. The molecule has 2 rings (SSSR count). The van der Waals surface area contributed by atoms with Gasteiger partial charge in [-0.25, -0.2) is 0 Å². The predicted octanol–water partition coefficient (Wildman–Crippen LogP) is 3.82. The summed E-state index contributed by atoms with van der Waals surface area (Å²) in [6, 6.07) is 6.25. The van der Waals surface area contributed by atoms with E-state index in [-0.39, 0.29) is 12.7 Å². The van der Waals surface area contributed by atoms with E-state index in [1.54, 1.807) is 0 Å². The molecule has 2 heteroatoms. The van der Waals surface area contributed by atoms with Gasteiger partial charge in [0.05, 0.1) is 12.7 Å². The van der Waals surface area contributed by atoms with Crippen LogP contribution in [0.25, 0.3) is 5.57 Å². The van der Waals surface area contributed by atoms with E-state index in [2.05, 4.69) is 12.1 Å². The maximum absolute atomic E-state index is 8.96. The third-order valence-electron chi connectivity index (χ3n) is 2.80. The Hall–Kier alpha value is -1.28. The lowest BCUT2D eigenvalue weighted by molar-refractivity contribution is 0.242. The van der Waals surface area contributed by atoms with Gasteiger partial charge in [-0.15, -0.1) is 0 Å². The van der Waals surface area contributed by atoms with Crippen molar-refractivity contribution in [1.29, 1.82) is 0 Å². The van der Waals surface area contributed by atoms with Crippen LogP contribution in [0.15, 0.2) is 24.3 Å². The fourth-order valence-electron chi connectivity index (χ4n) is 2.14. The second-order valence-electron chi connectivity index (χ2n) is 4.40. The van der Waals surface area contributed by atoms with Crippen molar-refractivity contribution in [2.45, 2.75) is 46.6 Å². The van der Waals surface area contributed by atoms with Crippen molar-refractivity contribution in [2.75, 3.05) is 6.61 Å². The molecule has 1 aliphatic carbocycles. The van der Waals surface area contributed by atoms with E-state index in [0.29, 0.717) is 0 Å². The second-order valence-corrected chi connectivity index (χ2v) is 4.40. The topological polar surface area (TPSA) is 29.5 Å². The number of hydrogen-bond donors (Lipinski definition) is 1. The SMILES string of the molecule is CC.CC(C)Oc1ccc2c(c1)/C(=C/CO)CC2. The van der Waals surface area contributed by atoms with Gasteiger partial charge in [-0.1, -0.05) is 26.0 Å². The number of hydrogen-bond acceptors (Lipinski definition) is 2. The summed E-state index contributed by atoms with van der Waals surface area (Å²) in [6.07, 6.45) is 4.19. The molecule has 0 saturated heterocycles. The Kier molecular flexibility index (Phi) is 5.93. The number of benzene rings is 1. The largest absolute Gasteiger partial charge is 0.491 e. The van der Waals surface area contributed by atoms with E-state index < -0.39 is 0 Å². The van der Waals surface area contributed by atoms with Crippen molar-refractivity contribution >= 4 is 5.57 Å². The average molecular weight is 248 g/mol. The first-order valence-electron chi connectivity index (χ1n) is 6.80. The minimum absolute atomic E-state index is 0.115. The lowest BCUT2D eigenvalue weighted by Gasteiger charge is -2.11. The summed E-state index contributed by atoms with van der Waals surface area (Å²) < 4.78 is 5.68. The molecule has 18 heavy (non-hydrogen) atoms. The molecule has 0 saturated carbocycles. The van der Waals surface area contributed by atoms with Crippen LogP contribution in [-0.4, -0.2) is 17.8 Å². The first-order valence-corrected chi connectivity index (χ1v) is 6.80. The van der Waals surface area contributed by atoms with Gasteiger partial charge >= 0.3 is 0 Å². The standard InChI is InChI=1S/C14H18O2.C2H6/c1-10(2)16-13-6-5-11-3-4-12(7-8-15)14(11)9-13;1-2/h5-7,9-10,15H,3-4,8H2,1-2H3;1-2H3/b12-7+;. The smallest absolute Gasteiger partial charge is 0.120 e. The van der Waals surface area contributed by atoms with Crippen molar-refractivity contribution in [1.82, 2.24) is 0 Å². The van der Waals surface area contributed by atoms with Crippen LogP contribution >= 0.6 is 0 Å². The molecule has 0 heterocycles. The summed E-state index contributed by atoms with van der Waals surface area (Å²) in [5.41, 5.74) is 3.84. The zero-order valence-corrected chi connectivity index (χ0v) is 11.9. The van der Waals surface area contributed by atoms with Gasteiger partial charge in [0.25, 0.3) is 0 Å². The fraction of sp³-hybridized carbons (Fsp3) is 0.500. The third-order valence-corrected chi connectivity index (χ3v) is 2.80. The molecule has 0 fully saturated rings. The molecule has 0 radical (unpaired) electrons. The third kappa shape index (κ3) is 3.61. The fourth-order valence-corrected chi connectivity index (χ4v) is 2.14. The molecule has 0 spiro atoms. The first-order chi connectivity index (χ1) is 8.70. The average Bonchev–Trinajstić information content (AvgIpc) is 2.75. The molecule has 1 N–H and O–H groups in total. The number of ether oxygens (including phenoxy) is 1. The minimum atomic E-state index is 0.115. The van der Waals surface area contributed by atoms with E-state index in [9.17, 15) is 0 Å². The summed E-state index contributed by atoms with van der Waals surface area (Å²) in [5.74, 6) is 0.916. The lowest BCUT2D eigenvalue weighted by atomic mass is 10.1. The molecule has 0 bridgehead atoms. The minimum Gasteiger partial charge on any atom is -0.491 e. The Morgan fingerprint density at radius 3 is 2.61 bits per heavy atom. The lowest BCUT2D eigenvalue weighted by Crippen LogP contribution is -2.05. The van der Waals surface area contributed by atoms with Crippen molar-refractivity contribution in [3.05, 3.63) is 35.4 Å². The van der Waals surface area contributed by atoms with E-state index in [0.717, 1.165) is 18.6 Å². The van der Waals surface area contributed by atoms with E-state index >= 15 is 0 Å². The van der Waals surface area contributed by atoms with Crippen LogP contribution in [-0.2, 0) is 6.42 Å². The highest BCUT2D eigenvalue weighted by Crippen LogP contribution is 2.34. The van der Waals surface area contributed by atoms with E-state index in [1.807, 2.05) is 39.8 Å². The molecule has 0 aliphatic heterocycles. The van der Waals surface area contributed by atoms with Crippen LogP contribution in [0, 0.1) is 0 Å². The molecule has 1 aromatic carbocycles. The highest BCUT2D eigenvalue weighted by atomic mass is 16.5. The van der Waals surface area contributed by atoms with Gasteiger partial charge in [-0.2, -0.15) is 0 Å². The summed E-state index contributed by atoms with van der Waals surface area (Å²) in [4.78, 5) is 0. The van der Waals surface area contributed by atoms with Crippen LogP contribution in [0.4, 0.5) is 0 Å². The van der Waals surface area contributed by atoms with Crippen LogP contribution in [0.3, 0.4) is 0 Å². The second kappa shape index (κ2) is 7.22. The summed E-state index contributed by atoms with van der Waals surface area (Å²) >= 11 is 0. The van der Waals surface area contributed by atoms with Gasteiger partial charge in [0, 0.05) is 0 Å². The molecule has 100 valence electrons. The van der Waals surface area contributed by atoms with E-state index in [4.69, 9.17) is 9.84 Å². The number of aliphatic hydroxyl groups is 1.